The molecular weight excluding hydrogens is 541 g/mol. The number of rotatable bonds is 5. The van der Waals surface area contributed by atoms with Crippen LogP contribution in [0.25, 0.3) is 22.2 Å². The normalized spacial score (nSPS) is 15.9. The van der Waals surface area contributed by atoms with Crippen molar-refractivity contribution >= 4 is 45.2 Å². The number of ether oxygens (including phenoxy) is 1. The first-order valence-corrected chi connectivity index (χ1v) is 12.2. The number of carbonyl (C=O) groups excluding carboxylic acids is 1. The lowest BCUT2D eigenvalue weighted by Crippen LogP contribution is -2.40. The van der Waals surface area contributed by atoms with E-state index in [0.717, 1.165) is 56.6 Å². The maximum Gasteiger partial charge on any atom is 0.246 e. The number of hydrogen-bond acceptors (Lipinski definition) is 5. The van der Waals surface area contributed by atoms with Crippen molar-refractivity contribution in [2.75, 3.05) is 18.8 Å². The monoisotopic (exact) mass is 565 g/mol. The minimum absolute atomic E-state index is 0.0462. The summed E-state index contributed by atoms with van der Waals surface area (Å²) in [6.45, 7) is 4.96. The molecule has 2 aromatic heterocycles. The molecule has 1 amide bonds. The van der Waals surface area contributed by atoms with Gasteiger partial charge in [-0.2, -0.15) is 5.10 Å². The van der Waals surface area contributed by atoms with Gasteiger partial charge in [0, 0.05) is 24.8 Å². The highest BCUT2D eigenvalue weighted by molar-refractivity contribution is 14.1. The number of halogens is 1. The quantitative estimate of drug-likeness (QED) is 0.258. The van der Waals surface area contributed by atoms with E-state index in [1.165, 1.54) is 6.08 Å². The summed E-state index contributed by atoms with van der Waals surface area (Å²) in [6.07, 6.45) is 4.98. The van der Waals surface area contributed by atoms with Gasteiger partial charge in [-0.25, -0.2) is 4.98 Å². The average Bonchev–Trinajstić information content (AvgIpc) is 3.29. The number of carbonyl (C=O) groups is 1. The Bertz CT molecular complexity index is 1350. The molecule has 1 atom stereocenters. The highest BCUT2D eigenvalue weighted by Crippen LogP contribution is 2.37. The molecule has 2 N–H and O–H groups in total. The van der Waals surface area contributed by atoms with Gasteiger partial charge in [0.25, 0.3) is 0 Å². The van der Waals surface area contributed by atoms with Gasteiger partial charge in [-0.05, 0) is 77.9 Å². The third-order valence-corrected chi connectivity index (χ3v) is 6.83. The summed E-state index contributed by atoms with van der Waals surface area (Å²) in [5.74, 6) is 1.91. The molecule has 4 aromatic rings. The zero-order valence-corrected chi connectivity index (χ0v) is 20.7. The van der Waals surface area contributed by atoms with Gasteiger partial charge in [-0.3, -0.25) is 9.48 Å². The van der Waals surface area contributed by atoms with Crippen molar-refractivity contribution in [1.82, 2.24) is 19.7 Å². The maximum absolute atomic E-state index is 12.3. The molecular formula is C26H24IN5O2. The summed E-state index contributed by atoms with van der Waals surface area (Å²) >= 11 is 2.28. The first-order chi connectivity index (χ1) is 16.5. The Morgan fingerprint density at radius 1 is 1.15 bits per heavy atom. The molecule has 3 heterocycles. The summed E-state index contributed by atoms with van der Waals surface area (Å²) in [7, 11) is 0. The molecule has 7 nitrogen and oxygen atoms in total. The summed E-state index contributed by atoms with van der Waals surface area (Å²) in [6, 6.07) is 17.5. The van der Waals surface area contributed by atoms with Crippen molar-refractivity contribution in [3.8, 4) is 22.8 Å². The number of pyridine rings is 1. The highest BCUT2D eigenvalue weighted by Gasteiger charge is 2.28. The summed E-state index contributed by atoms with van der Waals surface area (Å²) in [4.78, 5) is 18.5. The molecule has 1 saturated heterocycles. The molecule has 0 bridgehead atoms. The van der Waals surface area contributed by atoms with E-state index in [-0.39, 0.29) is 11.9 Å². The Morgan fingerprint density at radius 2 is 1.88 bits per heavy atom. The van der Waals surface area contributed by atoms with Crippen LogP contribution in [0.4, 0.5) is 5.82 Å². The number of amides is 1. The Morgan fingerprint density at radius 3 is 2.62 bits per heavy atom. The van der Waals surface area contributed by atoms with Gasteiger partial charge in [0.1, 0.15) is 23.0 Å². The fourth-order valence-corrected chi connectivity index (χ4v) is 5.07. The van der Waals surface area contributed by atoms with Crippen molar-refractivity contribution in [1.29, 1.82) is 0 Å². The average molecular weight is 565 g/mol. The fraction of sp³-hybridized carbons (Fsp3) is 0.192. The van der Waals surface area contributed by atoms with E-state index in [1.807, 2.05) is 64.2 Å². The van der Waals surface area contributed by atoms with Crippen LogP contribution < -0.4 is 10.5 Å². The van der Waals surface area contributed by atoms with E-state index in [4.69, 9.17) is 15.6 Å². The second-order valence-electron chi connectivity index (χ2n) is 8.23. The molecule has 0 saturated carbocycles. The number of piperidine rings is 1. The van der Waals surface area contributed by atoms with Crippen LogP contribution in [0, 0.1) is 3.57 Å². The smallest absolute Gasteiger partial charge is 0.246 e. The number of para-hydroxylation sites is 1. The van der Waals surface area contributed by atoms with Crippen molar-refractivity contribution in [2.24, 2.45) is 0 Å². The number of nitrogens with zero attached hydrogens (tertiary/aromatic N) is 4. The van der Waals surface area contributed by atoms with E-state index in [1.54, 1.807) is 6.20 Å². The molecule has 1 fully saturated rings. The minimum atomic E-state index is -0.0498. The zero-order valence-electron chi connectivity index (χ0n) is 18.5. The van der Waals surface area contributed by atoms with Crippen LogP contribution >= 0.6 is 22.6 Å². The topological polar surface area (TPSA) is 86.3 Å². The van der Waals surface area contributed by atoms with E-state index in [0.29, 0.717) is 12.4 Å². The number of nitrogen functional groups attached to an aromatic ring is 1. The van der Waals surface area contributed by atoms with Gasteiger partial charge in [0.05, 0.1) is 20.5 Å². The molecule has 172 valence electrons. The van der Waals surface area contributed by atoms with Gasteiger partial charge in [-0.1, -0.05) is 24.8 Å². The SMILES string of the molecule is C=CC(=O)N1CCCC(n2nc(-c3ccc(Oc4ccccc4)cc3)c3c(N)ncc(I)c32)C1. The first kappa shape index (κ1) is 22.4. The lowest BCUT2D eigenvalue weighted by atomic mass is 10.1. The maximum atomic E-state index is 12.3. The molecule has 0 radical (unpaired) electrons. The van der Waals surface area contributed by atoms with Gasteiger partial charge in [0.2, 0.25) is 5.91 Å². The number of likely N-dealkylation sites (tertiary alicyclic amines) is 1. The van der Waals surface area contributed by atoms with Crippen LogP contribution in [0.5, 0.6) is 11.5 Å². The van der Waals surface area contributed by atoms with E-state index in [2.05, 4.69) is 34.2 Å². The Labute approximate surface area is 211 Å². The second kappa shape index (κ2) is 9.46. The van der Waals surface area contributed by atoms with E-state index in [9.17, 15) is 4.79 Å². The minimum Gasteiger partial charge on any atom is -0.457 e. The molecule has 0 aliphatic carbocycles. The zero-order chi connectivity index (χ0) is 23.7. The number of anilines is 1. The fourth-order valence-electron chi connectivity index (χ4n) is 4.41. The molecule has 1 unspecified atom stereocenters. The standard InChI is InChI=1S/C26H24IN5O2/c1-2-22(33)31-14-6-7-18(16-31)32-25-21(27)15-29-26(28)23(25)24(30-32)17-10-12-20(13-11-17)34-19-8-4-3-5-9-19/h2-5,8-13,15,18H,1,6-7,14,16H2,(H2,28,29). The van der Waals surface area contributed by atoms with Crippen molar-refractivity contribution < 1.29 is 9.53 Å². The Balaban J connectivity index is 1.54. The third kappa shape index (κ3) is 4.25. The van der Waals surface area contributed by atoms with Crippen molar-refractivity contribution in [2.45, 2.75) is 18.9 Å². The third-order valence-electron chi connectivity index (χ3n) is 6.05. The van der Waals surface area contributed by atoms with Crippen LogP contribution in [0.1, 0.15) is 18.9 Å². The largest absolute Gasteiger partial charge is 0.457 e. The highest BCUT2D eigenvalue weighted by atomic mass is 127. The number of benzene rings is 2. The summed E-state index contributed by atoms with van der Waals surface area (Å²) in [5, 5.41) is 5.85. The summed E-state index contributed by atoms with van der Waals surface area (Å²) < 4.78 is 8.93. The van der Waals surface area contributed by atoms with Crippen molar-refractivity contribution in [3.05, 3.63) is 77.0 Å². The van der Waals surface area contributed by atoms with Gasteiger partial charge < -0.3 is 15.4 Å². The number of hydrogen-bond donors (Lipinski definition) is 1. The molecule has 5 rings (SSSR count). The Hall–Kier alpha value is -3.40. The predicted molar refractivity (Wildman–Crippen MR) is 142 cm³/mol. The van der Waals surface area contributed by atoms with Crippen LogP contribution in [-0.4, -0.2) is 38.7 Å². The van der Waals surface area contributed by atoms with Gasteiger partial charge in [-0.15, -0.1) is 0 Å². The molecule has 1 aliphatic rings. The lowest BCUT2D eigenvalue weighted by molar-refractivity contribution is -0.127. The predicted octanol–water partition coefficient (Wildman–Crippen LogP) is 5.43. The van der Waals surface area contributed by atoms with Gasteiger partial charge in [0.15, 0.2) is 0 Å². The number of nitrogens with two attached hydrogens (primary N) is 1. The Kier molecular flexibility index (Phi) is 6.23. The summed E-state index contributed by atoms with van der Waals surface area (Å²) in [5.41, 5.74) is 9.02. The molecule has 2 aromatic carbocycles. The molecule has 8 heteroatoms. The van der Waals surface area contributed by atoms with Gasteiger partial charge >= 0.3 is 0 Å². The number of fused-ring (bicyclic) bond motifs is 1. The number of aromatic nitrogens is 3. The van der Waals surface area contributed by atoms with Crippen LogP contribution in [0.2, 0.25) is 0 Å². The van der Waals surface area contributed by atoms with E-state index < -0.39 is 0 Å². The molecule has 1 aliphatic heterocycles. The van der Waals surface area contributed by atoms with E-state index >= 15 is 0 Å². The van der Waals surface area contributed by atoms with Crippen molar-refractivity contribution in [3.63, 3.8) is 0 Å². The molecule has 34 heavy (non-hydrogen) atoms. The van der Waals surface area contributed by atoms with Crippen LogP contribution in [0.15, 0.2) is 73.4 Å². The molecule has 0 spiro atoms. The first-order valence-electron chi connectivity index (χ1n) is 11.1. The lowest BCUT2D eigenvalue weighted by Gasteiger charge is -2.32. The van der Waals surface area contributed by atoms with Crippen LogP contribution in [-0.2, 0) is 4.79 Å². The second-order valence-corrected chi connectivity index (χ2v) is 9.39. The van der Waals surface area contributed by atoms with Crippen LogP contribution in [0.3, 0.4) is 0 Å².